The second kappa shape index (κ2) is 6.75. The molecule has 1 aromatic carbocycles. The molecule has 134 valence electrons. The van der Waals surface area contributed by atoms with Crippen LogP contribution >= 0.6 is 0 Å². The normalized spacial score (nSPS) is 10.6. The van der Waals surface area contributed by atoms with E-state index in [0.717, 1.165) is 22.8 Å². The van der Waals surface area contributed by atoms with Gasteiger partial charge in [0.05, 0.1) is 0 Å². The fourth-order valence-electron chi connectivity index (χ4n) is 2.25. The number of hydrogen-bond acceptors (Lipinski definition) is 5. The van der Waals surface area contributed by atoms with Crippen molar-refractivity contribution in [3.8, 4) is 0 Å². The van der Waals surface area contributed by atoms with E-state index in [-0.39, 0.29) is 17.2 Å². The van der Waals surface area contributed by atoms with E-state index in [9.17, 15) is 23.2 Å². The first-order chi connectivity index (χ1) is 11.6. The number of benzene rings is 1. The SMILES string of the molecule is CN(C)c1c(N)n(C)c(=O)n(CC(=O)Nc2ccc(F)c(F)c2)c1=O. The quantitative estimate of drug-likeness (QED) is 0.812. The second-order valence-corrected chi connectivity index (χ2v) is 5.54. The third-order valence-electron chi connectivity index (χ3n) is 3.52. The summed E-state index contributed by atoms with van der Waals surface area (Å²) in [5, 5.41) is 2.30. The number of anilines is 3. The van der Waals surface area contributed by atoms with Crippen molar-refractivity contribution in [3.05, 3.63) is 50.7 Å². The van der Waals surface area contributed by atoms with Crippen LogP contribution < -0.4 is 27.2 Å². The summed E-state index contributed by atoms with van der Waals surface area (Å²) in [5.41, 5.74) is 4.32. The van der Waals surface area contributed by atoms with Crippen LogP contribution in [0.4, 0.5) is 26.0 Å². The molecular formula is C15H17F2N5O3. The highest BCUT2D eigenvalue weighted by molar-refractivity contribution is 5.90. The van der Waals surface area contributed by atoms with Crippen LogP contribution in [0.5, 0.6) is 0 Å². The molecule has 10 heteroatoms. The summed E-state index contributed by atoms with van der Waals surface area (Å²) in [6.07, 6.45) is 0. The number of nitrogens with two attached hydrogens (primary N) is 1. The number of hydrogen-bond donors (Lipinski definition) is 2. The van der Waals surface area contributed by atoms with E-state index in [1.54, 1.807) is 14.1 Å². The molecule has 0 fully saturated rings. The fraction of sp³-hybridized carbons (Fsp3) is 0.267. The molecule has 3 N–H and O–H groups in total. The Balaban J connectivity index is 2.36. The minimum absolute atomic E-state index is 0.00273. The molecule has 0 aliphatic heterocycles. The van der Waals surface area contributed by atoms with E-state index in [2.05, 4.69) is 5.32 Å². The summed E-state index contributed by atoms with van der Waals surface area (Å²) in [5.74, 6) is -2.97. The highest BCUT2D eigenvalue weighted by Crippen LogP contribution is 2.14. The smallest absolute Gasteiger partial charge is 0.332 e. The number of carbonyl (C=O) groups is 1. The average Bonchev–Trinajstić information content (AvgIpc) is 2.53. The third kappa shape index (κ3) is 3.52. The van der Waals surface area contributed by atoms with Gasteiger partial charge in [-0.2, -0.15) is 0 Å². The minimum Gasteiger partial charge on any atom is -0.383 e. The molecule has 2 rings (SSSR count). The van der Waals surface area contributed by atoms with Gasteiger partial charge in [0.25, 0.3) is 5.56 Å². The number of rotatable bonds is 4. The van der Waals surface area contributed by atoms with Crippen LogP contribution in [0.2, 0.25) is 0 Å². The van der Waals surface area contributed by atoms with Gasteiger partial charge in [0.15, 0.2) is 11.6 Å². The van der Waals surface area contributed by atoms with Crippen molar-refractivity contribution in [1.29, 1.82) is 0 Å². The Kier molecular flexibility index (Phi) is 4.91. The Morgan fingerprint density at radius 3 is 2.44 bits per heavy atom. The van der Waals surface area contributed by atoms with Gasteiger partial charge in [-0.1, -0.05) is 0 Å². The van der Waals surface area contributed by atoms with Crippen molar-refractivity contribution in [2.75, 3.05) is 30.0 Å². The molecular weight excluding hydrogens is 336 g/mol. The number of nitrogens with one attached hydrogen (secondary N) is 1. The number of carbonyl (C=O) groups excluding carboxylic acids is 1. The first-order valence-corrected chi connectivity index (χ1v) is 7.15. The molecule has 1 amide bonds. The zero-order chi connectivity index (χ0) is 18.9. The number of amides is 1. The molecule has 8 nitrogen and oxygen atoms in total. The highest BCUT2D eigenvalue weighted by Gasteiger charge is 2.18. The van der Waals surface area contributed by atoms with Crippen molar-refractivity contribution in [1.82, 2.24) is 9.13 Å². The Hall–Kier alpha value is -3.17. The maximum absolute atomic E-state index is 13.2. The molecule has 1 heterocycles. The second-order valence-electron chi connectivity index (χ2n) is 5.54. The predicted molar refractivity (Wildman–Crippen MR) is 89.7 cm³/mol. The van der Waals surface area contributed by atoms with Crippen LogP contribution in [0.3, 0.4) is 0 Å². The molecule has 0 atom stereocenters. The molecule has 0 saturated carbocycles. The van der Waals surface area contributed by atoms with Crippen LogP contribution in [0.15, 0.2) is 27.8 Å². The lowest BCUT2D eigenvalue weighted by Gasteiger charge is -2.18. The minimum atomic E-state index is -1.13. The lowest BCUT2D eigenvalue weighted by Crippen LogP contribution is -2.44. The maximum Gasteiger partial charge on any atom is 0.332 e. The Bertz CT molecular complexity index is 949. The van der Waals surface area contributed by atoms with Crippen molar-refractivity contribution in [2.24, 2.45) is 7.05 Å². The molecule has 0 saturated heterocycles. The molecule has 0 unspecified atom stereocenters. The monoisotopic (exact) mass is 353 g/mol. The average molecular weight is 353 g/mol. The van der Waals surface area contributed by atoms with E-state index in [4.69, 9.17) is 5.73 Å². The summed E-state index contributed by atoms with van der Waals surface area (Å²) in [6.45, 7) is -0.606. The van der Waals surface area contributed by atoms with E-state index >= 15 is 0 Å². The van der Waals surface area contributed by atoms with Gasteiger partial charge in [0.1, 0.15) is 18.1 Å². The number of aromatic nitrogens is 2. The third-order valence-corrected chi connectivity index (χ3v) is 3.52. The standard InChI is InChI=1S/C15H17F2N5O3/c1-20(2)12-13(18)21(3)15(25)22(14(12)24)7-11(23)19-8-4-5-9(16)10(17)6-8/h4-6H,7,18H2,1-3H3,(H,19,23). The molecule has 25 heavy (non-hydrogen) atoms. The fourth-order valence-corrected chi connectivity index (χ4v) is 2.25. The predicted octanol–water partition coefficient (Wildman–Crippen LogP) is 0.112. The van der Waals surface area contributed by atoms with Crippen LogP contribution in [0.1, 0.15) is 0 Å². The Morgan fingerprint density at radius 2 is 1.88 bits per heavy atom. The van der Waals surface area contributed by atoms with Gasteiger partial charge in [-0.15, -0.1) is 0 Å². The number of halogens is 2. The van der Waals surface area contributed by atoms with Crippen LogP contribution in [-0.4, -0.2) is 29.1 Å². The topological polar surface area (TPSA) is 102 Å². The van der Waals surface area contributed by atoms with Gasteiger partial charge in [-0.05, 0) is 12.1 Å². The molecule has 0 radical (unpaired) electrons. The first-order valence-electron chi connectivity index (χ1n) is 7.15. The first kappa shape index (κ1) is 18.2. The zero-order valence-corrected chi connectivity index (χ0v) is 13.8. The van der Waals surface area contributed by atoms with Gasteiger partial charge in [0.2, 0.25) is 5.91 Å². The summed E-state index contributed by atoms with van der Waals surface area (Å²) < 4.78 is 27.8. The van der Waals surface area contributed by atoms with Gasteiger partial charge >= 0.3 is 5.69 Å². The lowest BCUT2D eigenvalue weighted by molar-refractivity contribution is -0.116. The van der Waals surface area contributed by atoms with Crippen molar-refractivity contribution >= 4 is 23.1 Å². The van der Waals surface area contributed by atoms with Gasteiger partial charge in [-0.3, -0.25) is 14.2 Å². The molecule has 0 spiro atoms. The largest absolute Gasteiger partial charge is 0.383 e. The number of nitrogens with zero attached hydrogens (tertiary/aromatic N) is 3. The summed E-state index contributed by atoms with van der Waals surface area (Å²) in [7, 11) is 4.51. The summed E-state index contributed by atoms with van der Waals surface area (Å²) >= 11 is 0. The molecule has 0 bridgehead atoms. The highest BCUT2D eigenvalue weighted by atomic mass is 19.2. The Labute approximate surface area is 141 Å². The Morgan fingerprint density at radius 1 is 1.24 bits per heavy atom. The van der Waals surface area contributed by atoms with Crippen LogP contribution in [0.25, 0.3) is 0 Å². The van der Waals surface area contributed by atoms with Crippen molar-refractivity contribution in [3.63, 3.8) is 0 Å². The van der Waals surface area contributed by atoms with Gasteiger partial charge < -0.3 is 16.0 Å². The van der Waals surface area contributed by atoms with Gasteiger partial charge in [-0.25, -0.2) is 18.1 Å². The maximum atomic E-state index is 13.2. The van der Waals surface area contributed by atoms with E-state index in [1.165, 1.54) is 11.9 Å². The molecule has 0 aliphatic rings. The van der Waals surface area contributed by atoms with Gasteiger partial charge in [0, 0.05) is 32.9 Å². The van der Waals surface area contributed by atoms with E-state index < -0.39 is 35.3 Å². The zero-order valence-electron chi connectivity index (χ0n) is 13.8. The van der Waals surface area contributed by atoms with Crippen molar-refractivity contribution < 1.29 is 13.6 Å². The lowest BCUT2D eigenvalue weighted by atomic mass is 10.3. The number of nitrogen functional groups attached to an aromatic ring is 1. The van der Waals surface area contributed by atoms with Crippen molar-refractivity contribution in [2.45, 2.75) is 6.54 Å². The summed E-state index contributed by atoms with van der Waals surface area (Å²) in [6, 6.07) is 2.80. The van der Waals surface area contributed by atoms with Crippen LogP contribution in [0, 0.1) is 11.6 Å². The van der Waals surface area contributed by atoms with E-state index in [1.807, 2.05) is 0 Å². The van der Waals surface area contributed by atoms with E-state index in [0.29, 0.717) is 4.57 Å². The summed E-state index contributed by atoms with van der Waals surface area (Å²) in [4.78, 5) is 38.2. The molecule has 2 aromatic rings. The van der Waals surface area contributed by atoms with Crippen LogP contribution in [-0.2, 0) is 18.4 Å². The molecule has 1 aromatic heterocycles. The molecule has 0 aliphatic carbocycles.